The van der Waals surface area contributed by atoms with Crippen LogP contribution in [-0.2, 0) is 9.47 Å². The fourth-order valence-electron chi connectivity index (χ4n) is 1.82. The smallest absolute Gasteiger partial charge is 0.0630 e. The normalized spacial score (nSPS) is 20.1. The van der Waals surface area contributed by atoms with Crippen LogP contribution in [0.3, 0.4) is 0 Å². The summed E-state index contributed by atoms with van der Waals surface area (Å²) >= 11 is 0. The number of methoxy groups -OCH3 is 2. The van der Waals surface area contributed by atoms with Crippen LogP contribution in [0.4, 0.5) is 0 Å². The lowest BCUT2D eigenvalue weighted by molar-refractivity contribution is 0.0499. The maximum absolute atomic E-state index is 5.28. The van der Waals surface area contributed by atoms with Gasteiger partial charge in [0.25, 0.3) is 0 Å². The van der Waals surface area contributed by atoms with Crippen molar-refractivity contribution in [2.45, 2.75) is 37.9 Å². The predicted molar refractivity (Wildman–Crippen MR) is 65.8 cm³/mol. The van der Waals surface area contributed by atoms with Crippen molar-refractivity contribution in [3.05, 3.63) is 0 Å². The van der Waals surface area contributed by atoms with E-state index in [1.165, 1.54) is 12.8 Å². The molecule has 0 heterocycles. The molecule has 2 atom stereocenters. The van der Waals surface area contributed by atoms with Crippen LogP contribution in [0.15, 0.2) is 0 Å². The van der Waals surface area contributed by atoms with Gasteiger partial charge in [0.2, 0.25) is 0 Å². The van der Waals surface area contributed by atoms with Gasteiger partial charge in [0.15, 0.2) is 0 Å². The minimum Gasteiger partial charge on any atom is -0.383 e. The zero-order chi connectivity index (χ0) is 12.0. The van der Waals surface area contributed by atoms with E-state index in [1.54, 1.807) is 14.2 Å². The molecule has 0 bridgehead atoms. The number of hydrogen-bond donors (Lipinski definition) is 1. The fourth-order valence-corrected chi connectivity index (χ4v) is 1.82. The molecule has 0 radical (unpaired) electrons. The fraction of sp³-hybridized carbons (Fsp3) is 1.00. The molecule has 0 aromatic heterocycles. The first-order valence-electron chi connectivity index (χ1n) is 6.12. The summed E-state index contributed by atoms with van der Waals surface area (Å²) in [5.74, 6) is 0. The molecular formula is C12H26N2O2. The first-order chi connectivity index (χ1) is 7.69. The molecule has 0 aromatic rings. The van der Waals surface area contributed by atoms with Crippen LogP contribution in [0.2, 0.25) is 0 Å². The SMILES string of the molecule is COCC(C)N(C)C(CNC1CC1)COC. The van der Waals surface area contributed by atoms with Gasteiger partial charge in [-0.05, 0) is 26.8 Å². The highest BCUT2D eigenvalue weighted by Gasteiger charge is 2.24. The zero-order valence-corrected chi connectivity index (χ0v) is 11.0. The summed E-state index contributed by atoms with van der Waals surface area (Å²) in [6.45, 7) is 4.72. The van der Waals surface area contributed by atoms with Crippen LogP contribution in [0.25, 0.3) is 0 Å². The minimum absolute atomic E-state index is 0.422. The number of ether oxygens (including phenoxy) is 2. The minimum atomic E-state index is 0.422. The van der Waals surface area contributed by atoms with Crippen LogP contribution in [0, 0.1) is 0 Å². The Morgan fingerprint density at radius 3 is 2.38 bits per heavy atom. The van der Waals surface area contributed by atoms with Gasteiger partial charge >= 0.3 is 0 Å². The Morgan fingerprint density at radius 2 is 1.88 bits per heavy atom. The number of nitrogens with zero attached hydrogens (tertiary/aromatic N) is 1. The van der Waals surface area contributed by atoms with Crippen LogP contribution < -0.4 is 5.32 Å². The summed E-state index contributed by atoms with van der Waals surface area (Å²) in [6, 6.07) is 1.60. The van der Waals surface area contributed by atoms with Gasteiger partial charge in [-0.2, -0.15) is 0 Å². The molecule has 4 heteroatoms. The summed E-state index contributed by atoms with van der Waals surface area (Å²) in [7, 11) is 5.65. The topological polar surface area (TPSA) is 33.7 Å². The van der Waals surface area contributed by atoms with Crippen molar-refractivity contribution in [3.63, 3.8) is 0 Å². The van der Waals surface area contributed by atoms with E-state index in [-0.39, 0.29) is 0 Å². The molecule has 0 amide bonds. The highest BCUT2D eigenvalue weighted by atomic mass is 16.5. The Labute approximate surface area is 99.3 Å². The predicted octanol–water partition coefficient (Wildman–Crippen LogP) is 0.720. The average Bonchev–Trinajstić information content (AvgIpc) is 3.07. The van der Waals surface area contributed by atoms with E-state index >= 15 is 0 Å². The van der Waals surface area contributed by atoms with E-state index in [0.717, 1.165) is 25.8 Å². The highest BCUT2D eigenvalue weighted by molar-refractivity contribution is 4.84. The van der Waals surface area contributed by atoms with E-state index in [2.05, 4.69) is 24.2 Å². The second-order valence-electron chi connectivity index (χ2n) is 4.76. The first-order valence-corrected chi connectivity index (χ1v) is 6.12. The number of rotatable bonds is 9. The van der Waals surface area contributed by atoms with Gasteiger partial charge in [-0.25, -0.2) is 0 Å². The number of hydrogen-bond acceptors (Lipinski definition) is 4. The molecule has 96 valence electrons. The molecule has 1 aliphatic rings. The maximum atomic E-state index is 5.28. The van der Waals surface area contributed by atoms with Crippen LogP contribution >= 0.6 is 0 Å². The van der Waals surface area contributed by atoms with E-state index in [1.807, 2.05) is 0 Å². The maximum Gasteiger partial charge on any atom is 0.0630 e. The molecule has 1 fully saturated rings. The monoisotopic (exact) mass is 230 g/mol. The Kier molecular flexibility index (Phi) is 6.28. The molecule has 4 nitrogen and oxygen atoms in total. The summed E-state index contributed by atoms with van der Waals surface area (Å²) in [6.07, 6.45) is 2.66. The quantitative estimate of drug-likeness (QED) is 0.633. The van der Waals surface area contributed by atoms with Crippen LogP contribution in [-0.4, -0.2) is 64.1 Å². The molecule has 1 rings (SSSR count). The lowest BCUT2D eigenvalue weighted by Crippen LogP contribution is -2.48. The van der Waals surface area contributed by atoms with Crippen molar-refractivity contribution in [1.82, 2.24) is 10.2 Å². The highest BCUT2D eigenvalue weighted by Crippen LogP contribution is 2.18. The second-order valence-corrected chi connectivity index (χ2v) is 4.76. The largest absolute Gasteiger partial charge is 0.383 e. The third-order valence-electron chi connectivity index (χ3n) is 3.26. The number of likely N-dealkylation sites (N-methyl/N-ethyl adjacent to an activating group) is 1. The molecular weight excluding hydrogens is 204 g/mol. The van der Waals surface area contributed by atoms with E-state index in [9.17, 15) is 0 Å². The van der Waals surface area contributed by atoms with Gasteiger partial charge in [0.1, 0.15) is 0 Å². The molecule has 1 aliphatic carbocycles. The average molecular weight is 230 g/mol. The van der Waals surface area contributed by atoms with E-state index in [0.29, 0.717) is 12.1 Å². The van der Waals surface area contributed by atoms with Crippen molar-refractivity contribution in [2.24, 2.45) is 0 Å². The Bertz CT molecular complexity index is 186. The zero-order valence-electron chi connectivity index (χ0n) is 11.0. The van der Waals surface area contributed by atoms with Crippen molar-refractivity contribution in [2.75, 3.05) is 41.0 Å². The molecule has 0 aromatic carbocycles. The third kappa shape index (κ3) is 4.78. The summed E-state index contributed by atoms with van der Waals surface area (Å²) in [5, 5.41) is 3.56. The Hall–Kier alpha value is -0.160. The Balaban J connectivity index is 2.32. The van der Waals surface area contributed by atoms with Gasteiger partial charge in [0, 0.05) is 38.9 Å². The molecule has 16 heavy (non-hydrogen) atoms. The molecule has 0 aliphatic heterocycles. The van der Waals surface area contributed by atoms with Crippen LogP contribution in [0.1, 0.15) is 19.8 Å². The van der Waals surface area contributed by atoms with Crippen molar-refractivity contribution < 1.29 is 9.47 Å². The molecule has 0 spiro atoms. The Morgan fingerprint density at radius 1 is 1.25 bits per heavy atom. The standard InChI is InChI=1S/C12H26N2O2/c1-10(8-15-3)14(2)12(9-16-4)7-13-11-5-6-11/h10-13H,5-9H2,1-4H3. The summed E-state index contributed by atoms with van der Waals surface area (Å²) < 4.78 is 10.5. The third-order valence-corrected chi connectivity index (χ3v) is 3.26. The van der Waals surface area contributed by atoms with Gasteiger partial charge in [-0.1, -0.05) is 0 Å². The van der Waals surface area contributed by atoms with Gasteiger partial charge in [0.05, 0.1) is 13.2 Å². The molecule has 1 saturated carbocycles. The van der Waals surface area contributed by atoms with Crippen LogP contribution in [0.5, 0.6) is 0 Å². The summed E-state index contributed by atoms with van der Waals surface area (Å²) in [4.78, 5) is 2.34. The van der Waals surface area contributed by atoms with Crippen molar-refractivity contribution in [3.8, 4) is 0 Å². The lowest BCUT2D eigenvalue weighted by Gasteiger charge is -2.32. The van der Waals surface area contributed by atoms with Gasteiger partial charge in [-0.3, -0.25) is 4.90 Å². The van der Waals surface area contributed by atoms with E-state index < -0.39 is 0 Å². The molecule has 0 saturated heterocycles. The summed E-state index contributed by atoms with van der Waals surface area (Å²) in [5.41, 5.74) is 0. The lowest BCUT2D eigenvalue weighted by atomic mass is 10.2. The van der Waals surface area contributed by atoms with Crippen molar-refractivity contribution >= 4 is 0 Å². The molecule has 2 unspecified atom stereocenters. The van der Waals surface area contributed by atoms with E-state index in [4.69, 9.17) is 9.47 Å². The van der Waals surface area contributed by atoms with Gasteiger partial charge in [-0.15, -0.1) is 0 Å². The first kappa shape index (κ1) is 13.9. The van der Waals surface area contributed by atoms with Crippen molar-refractivity contribution in [1.29, 1.82) is 0 Å². The second kappa shape index (κ2) is 7.22. The number of nitrogens with one attached hydrogen (secondary N) is 1. The van der Waals surface area contributed by atoms with Gasteiger partial charge < -0.3 is 14.8 Å². The molecule has 1 N–H and O–H groups in total.